The number of nitrogens with one attached hydrogen (secondary N) is 1. The largest absolute Gasteiger partial charge is 0.379 e. The third-order valence-corrected chi connectivity index (χ3v) is 3.57. The summed E-state index contributed by atoms with van der Waals surface area (Å²) in [6.45, 7) is 8.53. The molecule has 7 heteroatoms. The molecule has 2 aromatic rings. The van der Waals surface area contributed by atoms with Crippen molar-refractivity contribution in [3.05, 3.63) is 12.4 Å². The zero-order valence-corrected chi connectivity index (χ0v) is 12.5. The predicted octanol–water partition coefficient (Wildman–Crippen LogP) is 0.980. The Morgan fingerprint density at radius 1 is 1.29 bits per heavy atom. The van der Waals surface area contributed by atoms with Crippen LogP contribution in [0.3, 0.4) is 0 Å². The van der Waals surface area contributed by atoms with Crippen LogP contribution in [0.2, 0.25) is 0 Å². The van der Waals surface area contributed by atoms with Crippen molar-refractivity contribution < 1.29 is 4.74 Å². The van der Waals surface area contributed by atoms with E-state index in [0.29, 0.717) is 5.95 Å². The van der Waals surface area contributed by atoms with E-state index < -0.39 is 0 Å². The van der Waals surface area contributed by atoms with Gasteiger partial charge in [-0.25, -0.2) is 4.98 Å². The van der Waals surface area contributed by atoms with E-state index in [2.05, 4.69) is 32.2 Å². The highest BCUT2D eigenvalue weighted by Gasteiger charge is 2.10. The van der Waals surface area contributed by atoms with Crippen LogP contribution in [-0.4, -0.2) is 64.0 Å². The Kier molecular flexibility index (Phi) is 4.62. The molecule has 3 heterocycles. The zero-order chi connectivity index (χ0) is 14.5. The van der Waals surface area contributed by atoms with Gasteiger partial charge in [-0.15, -0.1) is 0 Å². The lowest BCUT2D eigenvalue weighted by Gasteiger charge is -2.26. The van der Waals surface area contributed by atoms with Crippen LogP contribution in [0, 0.1) is 0 Å². The quantitative estimate of drug-likeness (QED) is 0.855. The number of fused-ring (bicyclic) bond motifs is 1. The normalized spacial score (nSPS) is 16.4. The van der Waals surface area contributed by atoms with E-state index in [4.69, 9.17) is 4.74 Å². The fourth-order valence-electron chi connectivity index (χ4n) is 2.44. The highest BCUT2D eigenvalue weighted by molar-refractivity contribution is 5.73. The Labute approximate surface area is 124 Å². The number of ether oxygens (including phenoxy) is 1. The van der Waals surface area contributed by atoms with Crippen molar-refractivity contribution in [2.75, 3.05) is 44.7 Å². The maximum Gasteiger partial charge on any atom is 0.224 e. The Morgan fingerprint density at radius 3 is 2.95 bits per heavy atom. The van der Waals surface area contributed by atoms with Crippen molar-refractivity contribution >= 4 is 17.0 Å². The fraction of sp³-hybridized carbons (Fsp3) is 0.643. The fourth-order valence-corrected chi connectivity index (χ4v) is 2.44. The van der Waals surface area contributed by atoms with E-state index >= 15 is 0 Å². The third kappa shape index (κ3) is 3.68. The monoisotopic (exact) mass is 290 g/mol. The molecule has 0 saturated carbocycles. The lowest BCUT2D eigenvalue weighted by molar-refractivity contribution is 0.0398. The summed E-state index contributed by atoms with van der Waals surface area (Å²) in [4.78, 5) is 11.2. The molecule has 0 spiro atoms. The predicted molar refractivity (Wildman–Crippen MR) is 81.4 cm³/mol. The molecule has 0 aromatic carbocycles. The summed E-state index contributed by atoms with van der Waals surface area (Å²) < 4.78 is 7.26. The van der Waals surface area contributed by atoms with Crippen LogP contribution >= 0.6 is 0 Å². The van der Waals surface area contributed by atoms with E-state index in [1.165, 1.54) is 0 Å². The Morgan fingerprint density at radius 2 is 2.14 bits per heavy atom. The summed E-state index contributed by atoms with van der Waals surface area (Å²) in [5.41, 5.74) is 0.757. The molecule has 1 N–H and O–H groups in total. The topological polar surface area (TPSA) is 68.1 Å². The van der Waals surface area contributed by atoms with Gasteiger partial charge in [-0.3, -0.25) is 9.58 Å². The second-order valence-corrected chi connectivity index (χ2v) is 5.25. The molecule has 2 aromatic heterocycles. The first kappa shape index (κ1) is 14.2. The smallest absolute Gasteiger partial charge is 0.224 e. The van der Waals surface area contributed by atoms with E-state index in [9.17, 15) is 0 Å². The molecule has 0 bridgehead atoms. The van der Waals surface area contributed by atoms with E-state index in [-0.39, 0.29) is 0 Å². The van der Waals surface area contributed by atoms with Gasteiger partial charge in [0.05, 0.1) is 18.6 Å². The Balaban J connectivity index is 1.56. The molecule has 1 saturated heterocycles. The third-order valence-electron chi connectivity index (χ3n) is 3.57. The summed E-state index contributed by atoms with van der Waals surface area (Å²) in [5.74, 6) is 0.650. The number of aryl methyl sites for hydroxylation is 1. The van der Waals surface area contributed by atoms with E-state index in [1.807, 2.05) is 17.1 Å². The highest BCUT2D eigenvalue weighted by atomic mass is 16.5. The maximum atomic E-state index is 5.34. The van der Waals surface area contributed by atoms with Crippen molar-refractivity contribution in [3.63, 3.8) is 0 Å². The molecular weight excluding hydrogens is 268 g/mol. The summed E-state index contributed by atoms with van der Waals surface area (Å²) in [7, 11) is 0. The van der Waals surface area contributed by atoms with Crippen LogP contribution < -0.4 is 5.32 Å². The minimum Gasteiger partial charge on any atom is -0.379 e. The summed E-state index contributed by atoms with van der Waals surface area (Å²) >= 11 is 0. The standard InChI is InChI=1S/C14H22N6O/c1-2-4-20-11-12-10-16-14(17-13(12)18-20)15-3-5-19-6-8-21-9-7-19/h10-11H,2-9H2,1H3,(H,15,17,18). The second-order valence-electron chi connectivity index (χ2n) is 5.25. The maximum absolute atomic E-state index is 5.34. The molecule has 0 amide bonds. The van der Waals surface area contributed by atoms with Crippen LogP contribution in [0.5, 0.6) is 0 Å². The van der Waals surface area contributed by atoms with Gasteiger partial charge < -0.3 is 10.1 Å². The van der Waals surface area contributed by atoms with Crippen LogP contribution in [0.1, 0.15) is 13.3 Å². The van der Waals surface area contributed by atoms with Crippen LogP contribution in [-0.2, 0) is 11.3 Å². The summed E-state index contributed by atoms with van der Waals surface area (Å²) in [6, 6.07) is 0. The highest BCUT2D eigenvalue weighted by Crippen LogP contribution is 2.11. The van der Waals surface area contributed by atoms with Gasteiger partial charge in [0.2, 0.25) is 5.95 Å². The molecule has 0 atom stereocenters. The van der Waals surface area contributed by atoms with Gasteiger partial charge in [0.15, 0.2) is 5.65 Å². The molecule has 7 nitrogen and oxygen atoms in total. The first-order chi connectivity index (χ1) is 10.3. The lowest BCUT2D eigenvalue weighted by Crippen LogP contribution is -2.39. The van der Waals surface area contributed by atoms with Crippen molar-refractivity contribution in [3.8, 4) is 0 Å². The number of aromatic nitrogens is 4. The van der Waals surface area contributed by atoms with Gasteiger partial charge in [0.25, 0.3) is 0 Å². The van der Waals surface area contributed by atoms with Crippen LogP contribution in [0.15, 0.2) is 12.4 Å². The molecule has 0 radical (unpaired) electrons. The molecule has 1 aliphatic heterocycles. The van der Waals surface area contributed by atoms with Crippen molar-refractivity contribution in [1.82, 2.24) is 24.6 Å². The summed E-state index contributed by atoms with van der Waals surface area (Å²) in [6.07, 6.45) is 4.89. The van der Waals surface area contributed by atoms with Crippen molar-refractivity contribution in [2.24, 2.45) is 0 Å². The molecule has 1 aliphatic rings. The number of rotatable bonds is 6. The average molecular weight is 290 g/mol. The first-order valence-corrected chi connectivity index (χ1v) is 7.59. The molecule has 0 unspecified atom stereocenters. The van der Waals surface area contributed by atoms with Crippen LogP contribution in [0.25, 0.3) is 11.0 Å². The van der Waals surface area contributed by atoms with Crippen molar-refractivity contribution in [1.29, 1.82) is 0 Å². The Hall–Kier alpha value is -1.73. The van der Waals surface area contributed by atoms with Gasteiger partial charge in [-0.1, -0.05) is 6.92 Å². The number of hydrogen-bond acceptors (Lipinski definition) is 6. The molecule has 1 fully saturated rings. The summed E-state index contributed by atoms with van der Waals surface area (Å²) in [5, 5.41) is 8.72. The number of hydrogen-bond donors (Lipinski definition) is 1. The van der Waals surface area contributed by atoms with E-state index in [1.54, 1.807) is 0 Å². The van der Waals surface area contributed by atoms with Gasteiger partial charge in [0.1, 0.15) is 0 Å². The Bertz CT molecular complexity index is 578. The second kappa shape index (κ2) is 6.82. The van der Waals surface area contributed by atoms with E-state index in [0.717, 1.165) is 63.4 Å². The molecule has 3 rings (SSSR count). The average Bonchev–Trinajstić information content (AvgIpc) is 2.90. The number of morpholine rings is 1. The van der Waals surface area contributed by atoms with Gasteiger partial charge in [0, 0.05) is 45.1 Å². The molecule has 0 aliphatic carbocycles. The van der Waals surface area contributed by atoms with Gasteiger partial charge in [-0.05, 0) is 6.42 Å². The van der Waals surface area contributed by atoms with Crippen molar-refractivity contribution in [2.45, 2.75) is 19.9 Å². The molecule has 114 valence electrons. The minimum absolute atomic E-state index is 0.650. The molecular formula is C14H22N6O. The van der Waals surface area contributed by atoms with Crippen LogP contribution in [0.4, 0.5) is 5.95 Å². The zero-order valence-electron chi connectivity index (χ0n) is 12.5. The number of nitrogens with zero attached hydrogens (tertiary/aromatic N) is 5. The first-order valence-electron chi connectivity index (χ1n) is 7.59. The lowest BCUT2D eigenvalue weighted by atomic mass is 10.4. The number of anilines is 1. The van der Waals surface area contributed by atoms with Gasteiger partial charge in [-0.2, -0.15) is 10.1 Å². The minimum atomic E-state index is 0.650. The molecule has 21 heavy (non-hydrogen) atoms. The van der Waals surface area contributed by atoms with Gasteiger partial charge >= 0.3 is 0 Å². The SMILES string of the molecule is CCCn1cc2cnc(NCCN3CCOCC3)nc2n1.